The third kappa shape index (κ3) is 30.3. The summed E-state index contributed by atoms with van der Waals surface area (Å²) < 4.78 is 83.8. The van der Waals surface area contributed by atoms with Gasteiger partial charge < -0.3 is 36.2 Å². The molecule has 108 heavy (non-hydrogen) atoms. The molecule has 0 bridgehead atoms. The van der Waals surface area contributed by atoms with Crippen LogP contribution in [0.1, 0.15) is 112 Å². The molecular formula is C73H73Cl2F6N17O10. The Kier molecular flexibility index (Phi) is 36.6. The smallest absolute Gasteiger partial charge is 0.416 e. The maximum Gasteiger partial charge on any atom is 0.416 e. The first-order chi connectivity index (χ1) is 51.1. The number of carboxylic acid groups (broad SMARTS) is 2. The van der Waals surface area contributed by atoms with Gasteiger partial charge in [0.25, 0.3) is 17.8 Å². The summed E-state index contributed by atoms with van der Waals surface area (Å²) in [6.07, 6.45) is 17.8. The number of aromatic nitrogens is 5. The average molecular weight is 1530 g/mol. The van der Waals surface area contributed by atoms with Crippen LogP contribution in [0.25, 0.3) is 28.1 Å². The van der Waals surface area contributed by atoms with E-state index in [4.69, 9.17) is 42.3 Å². The standard InChI is InChI=1S/C24H16F3N5O.C19H17F3N2O2.C7H8N4.C7H6N2O.C5H4ClNO.C5H5NO2.C4H8O.C2H4O2.ClH.H4N2/c25-24(26,27)18-5-1-4-16(11-18)23(33)30-19-6-2-3-15(12-19)21-8-10-29-22-13-20(31-32(21)22)17-7-9-28-14-17;1-24(2)10-9-17(25)13-5-4-8-16(12-13)23-18(26)14-6-3-7-15(11-14)19(20,21)22;8-7-3-6(10-11-7)5-1-2-9-4-5;8-3-1-7(10)6-2-4-9-5-6;6-5(8)4-1-2-7-3-4;7-5(8)4-1-2-6-3-4;1-2-4-5-3-1;1-2(3)4;;1-2/h1-6,8-14H,7H2,(H,30,33);3-12H,1-2H3,(H,23,26);2-4H,1H2,(H3,8,10,11);4-5H,1-2H2;2-3H,1H2;2-3H,1H2,(H,7,8);1-4H2;1H3,(H,3,4);1H;1-2H2/b;10-9+;;;;;;;;. The van der Waals surface area contributed by atoms with E-state index in [1.165, 1.54) is 67.8 Å². The van der Waals surface area contributed by atoms with E-state index in [9.17, 15) is 55.1 Å². The van der Waals surface area contributed by atoms with Crippen molar-refractivity contribution in [3.63, 3.8) is 0 Å². The second-order valence-corrected chi connectivity index (χ2v) is 22.7. The molecule has 1 saturated heterocycles. The number of nitrogen functional groups attached to an aromatic ring is 1. The number of halogens is 8. The van der Waals surface area contributed by atoms with Crippen molar-refractivity contribution in [2.45, 2.75) is 70.6 Å². The van der Waals surface area contributed by atoms with Crippen LogP contribution < -0.4 is 28.1 Å². The summed E-state index contributed by atoms with van der Waals surface area (Å²) in [5.74, 6) is 5.13. The fourth-order valence-corrected chi connectivity index (χ4v) is 9.04. The molecule has 11 N–H and O–H groups in total. The Labute approximate surface area is 625 Å². The Bertz CT molecular complexity index is 4640. The summed E-state index contributed by atoms with van der Waals surface area (Å²) in [4.78, 5) is 102. The molecule has 0 aliphatic carbocycles. The molecule has 4 aromatic carbocycles. The number of hydrogen-bond donors (Lipinski definition) is 8. The summed E-state index contributed by atoms with van der Waals surface area (Å²) >= 11 is 5.10. The molecule has 0 radical (unpaired) electrons. The number of aliphatic carboxylic acids is 2. The Hall–Kier alpha value is -12.5. The molecule has 35 heteroatoms. The van der Waals surface area contributed by atoms with Gasteiger partial charge in [-0.2, -0.15) is 41.8 Å². The molecule has 6 aliphatic heterocycles. The number of aliphatic imine (C=N–C) groups is 5. The van der Waals surface area contributed by atoms with Crippen LogP contribution in [0.3, 0.4) is 0 Å². The van der Waals surface area contributed by atoms with Crippen LogP contribution in [0.4, 0.5) is 43.5 Å². The summed E-state index contributed by atoms with van der Waals surface area (Å²) in [6.45, 7) is 3.08. The summed E-state index contributed by atoms with van der Waals surface area (Å²) in [5.41, 5.74) is 12.2. The van der Waals surface area contributed by atoms with Crippen LogP contribution in [0, 0.1) is 11.3 Å². The van der Waals surface area contributed by atoms with E-state index < -0.39 is 52.5 Å². The number of rotatable bonds is 14. The number of carbonyl (C=O) groups excluding carboxylic acids is 5. The molecule has 2 amide bonds. The SMILES string of the molecule is C1CCOC1.CC(=O)O.CN(C)/C=C/C(=O)c1cccc(NC(=O)c2cccc(C(F)(F)F)c2)c1.Cl.N#CCC(=O)C1=CN=CC1.NN.Nc1cc(C2=CN=CC2)[nH]n1.O=C(Cl)C1=CN=CC1.O=C(Nc1cccc(-c2ccnc3cc(C4=CN=CC4)nn23)c1)c1cccc(C(F)(F)F)c1.O=C(O)C1=CN=CC1. The van der Waals surface area contributed by atoms with Gasteiger partial charge in [0, 0.05) is 215 Å². The van der Waals surface area contributed by atoms with Gasteiger partial charge in [0.1, 0.15) is 5.82 Å². The number of nitrogens with one attached hydrogen (secondary N) is 3. The zero-order chi connectivity index (χ0) is 78.5. The summed E-state index contributed by atoms with van der Waals surface area (Å²) in [5, 5.41) is 39.9. The van der Waals surface area contributed by atoms with E-state index in [1.807, 2.05) is 30.8 Å². The highest BCUT2D eigenvalue weighted by Crippen LogP contribution is 2.32. The lowest BCUT2D eigenvalue weighted by molar-refractivity contribution is -0.138. The normalized spacial score (nSPS) is 13.6. The van der Waals surface area contributed by atoms with Gasteiger partial charge in [0.15, 0.2) is 17.2 Å². The van der Waals surface area contributed by atoms with E-state index in [1.54, 1.807) is 115 Å². The monoisotopic (exact) mass is 1530 g/mol. The summed E-state index contributed by atoms with van der Waals surface area (Å²) in [6, 6.07) is 28.9. The molecule has 6 aliphatic rings. The molecule has 0 saturated carbocycles. The first-order valence-corrected chi connectivity index (χ1v) is 32.2. The van der Waals surface area contributed by atoms with Crippen molar-refractivity contribution in [3.05, 3.63) is 221 Å². The number of anilines is 3. The van der Waals surface area contributed by atoms with Gasteiger partial charge in [-0.1, -0.05) is 36.4 Å². The topological polar surface area (TPSA) is 419 Å². The molecule has 0 unspecified atom stereocenters. The van der Waals surface area contributed by atoms with Crippen LogP contribution in [0.2, 0.25) is 0 Å². The Morgan fingerprint density at radius 3 is 1.58 bits per heavy atom. The number of allylic oxidation sites excluding steroid dienone is 5. The van der Waals surface area contributed by atoms with Gasteiger partial charge in [-0.05, 0) is 91.2 Å². The predicted molar refractivity (Wildman–Crippen MR) is 402 cm³/mol. The number of fused-ring (bicyclic) bond motifs is 1. The van der Waals surface area contributed by atoms with Crippen molar-refractivity contribution >= 4 is 130 Å². The maximum absolute atomic E-state index is 13.0. The molecule has 0 spiro atoms. The number of nitrogens with two attached hydrogens (primary N) is 3. The van der Waals surface area contributed by atoms with Crippen LogP contribution in [-0.4, -0.2) is 139 Å². The maximum atomic E-state index is 13.0. The zero-order valence-electron chi connectivity index (χ0n) is 57.9. The lowest BCUT2D eigenvalue weighted by atomic mass is 10.1. The third-order valence-electron chi connectivity index (χ3n) is 14.1. The Morgan fingerprint density at radius 2 is 1.15 bits per heavy atom. The largest absolute Gasteiger partial charge is 0.481 e. The number of hydrogen-bond acceptors (Lipinski definition) is 21. The van der Waals surface area contributed by atoms with Crippen molar-refractivity contribution in [3.8, 4) is 17.3 Å². The van der Waals surface area contributed by atoms with Crippen molar-refractivity contribution in [1.29, 1.82) is 5.26 Å². The molecule has 9 heterocycles. The number of alkyl halides is 6. The molecule has 1 fully saturated rings. The molecule has 13 rings (SSSR count). The second-order valence-electron chi connectivity index (χ2n) is 22.3. The number of nitriles is 1. The number of benzene rings is 4. The number of amides is 2. The molecule has 27 nitrogen and oxygen atoms in total. The number of nitrogens with zero attached hydrogens (tertiary/aromatic N) is 11. The number of hydrazine groups is 1. The van der Waals surface area contributed by atoms with Crippen molar-refractivity contribution in [1.82, 2.24) is 29.7 Å². The number of ketones is 2. The minimum absolute atomic E-state index is 0. The van der Waals surface area contributed by atoms with Crippen LogP contribution >= 0.6 is 24.0 Å². The van der Waals surface area contributed by atoms with E-state index in [-0.39, 0.29) is 41.5 Å². The number of H-pyrrole nitrogens is 1. The van der Waals surface area contributed by atoms with Gasteiger partial charge in [-0.15, -0.1) is 12.4 Å². The zero-order valence-corrected chi connectivity index (χ0v) is 59.5. The lowest BCUT2D eigenvalue weighted by Gasteiger charge is -2.11. The van der Waals surface area contributed by atoms with Gasteiger partial charge in [0.05, 0.1) is 46.3 Å². The molecule has 7 aromatic rings. The van der Waals surface area contributed by atoms with Gasteiger partial charge in [-0.25, -0.2) is 14.3 Å². The highest BCUT2D eigenvalue weighted by Gasteiger charge is 2.32. The second kappa shape index (κ2) is 45.0. The van der Waals surface area contributed by atoms with Crippen molar-refractivity contribution in [2.24, 2.45) is 36.6 Å². The number of ether oxygens (including phenoxy) is 1. The summed E-state index contributed by atoms with van der Waals surface area (Å²) in [7, 11) is 3.55. The van der Waals surface area contributed by atoms with Gasteiger partial charge >= 0.3 is 18.3 Å². The van der Waals surface area contributed by atoms with E-state index >= 15 is 0 Å². The third-order valence-corrected chi connectivity index (χ3v) is 14.3. The molecular weight excluding hydrogens is 1460 g/mol. The number of carbonyl (C=O) groups is 7. The highest BCUT2D eigenvalue weighted by molar-refractivity contribution is 6.67. The van der Waals surface area contributed by atoms with E-state index in [0.29, 0.717) is 70.8 Å². The fourth-order valence-electron chi connectivity index (χ4n) is 8.91. The van der Waals surface area contributed by atoms with E-state index in [0.717, 1.165) is 84.6 Å². The van der Waals surface area contributed by atoms with Crippen molar-refractivity contribution < 1.29 is 74.9 Å². The first kappa shape index (κ1) is 87.9. The minimum atomic E-state index is -4.53. The Balaban J connectivity index is 0.000000288. The number of aromatic amines is 1. The quantitative estimate of drug-likeness (QED) is 0.0125. The fraction of sp³-hybridized carbons (Fsp3) is 0.205. The molecule has 3 aromatic heterocycles. The van der Waals surface area contributed by atoms with Gasteiger partial charge in [-0.3, -0.25) is 70.5 Å². The molecule has 0 atom stereocenters. The first-order valence-electron chi connectivity index (χ1n) is 31.8. The lowest BCUT2D eigenvalue weighted by Crippen LogP contribution is -2.14. The molecule has 566 valence electrons. The Morgan fingerprint density at radius 1 is 0.657 bits per heavy atom. The van der Waals surface area contributed by atoms with Gasteiger partial charge in [0.2, 0.25) is 5.24 Å². The van der Waals surface area contributed by atoms with E-state index in [2.05, 4.69) is 67.6 Å². The van der Waals surface area contributed by atoms with Crippen LogP contribution in [0.15, 0.2) is 206 Å². The van der Waals surface area contributed by atoms with Crippen LogP contribution in [-0.2, 0) is 36.3 Å². The minimum Gasteiger partial charge on any atom is -0.481 e. The number of Topliss-reactive ketones (excluding diaryl/α,β-unsaturated/α-hetero) is 1. The predicted octanol–water partition coefficient (Wildman–Crippen LogP) is 13.0. The van der Waals surface area contributed by atoms with Crippen LogP contribution in [0.5, 0.6) is 0 Å². The highest BCUT2D eigenvalue weighted by atomic mass is 35.5. The average Bonchev–Trinajstić information content (AvgIpc) is 1.62. The van der Waals surface area contributed by atoms with Crippen molar-refractivity contribution in [2.75, 3.05) is 43.7 Å². The number of carboxylic acids is 2.